The van der Waals surface area contributed by atoms with Crippen molar-refractivity contribution in [1.29, 1.82) is 0 Å². The third-order valence-corrected chi connectivity index (χ3v) is 4.52. The van der Waals surface area contributed by atoms with E-state index in [4.69, 9.17) is 9.47 Å². The molecule has 25 heavy (non-hydrogen) atoms. The zero-order valence-electron chi connectivity index (χ0n) is 15.8. The number of nitrogens with zero attached hydrogens (tertiary/aromatic N) is 1. The van der Waals surface area contributed by atoms with Crippen molar-refractivity contribution in [3.63, 3.8) is 0 Å². The first-order valence-electron chi connectivity index (χ1n) is 9.19. The summed E-state index contributed by atoms with van der Waals surface area (Å²) in [5.41, 5.74) is 0.561. The van der Waals surface area contributed by atoms with E-state index in [1.807, 2.05) is 0 Å². The van der Waals surface area contributed by atoms with Gasteiger partial charge in [0.25, 0.3) is 0 Å². The van der Waals surface area contributed by atoms with Crippen LogP contribution in [0.2, 0.25) is 0 Å². The van der Waals surface area contributed by atoms with Gasteiger partial charge in [-0.2, -0.15) is 0 Å². The predicted octanol–water partition coefficient (Wildman–Crippen LogP) is 2.86. The van der Waals surface area contributed by atoms with E-state index in [1.165, 1.54) is 0 Å². The Kier molecular flexibility index (Phi) is 9.71. The number of aliphatic hydroxyl groups excluding tert-OH is 1. The van der Waals surface area contributed by atoms with Gasteiger partial charge >= 0.3 is 5.97 Å². The van der Waals surface area contributed by atoms with Crippen LogP contribution in [0.5, 0.6) is 0 Å². The number of ether oxygens (including phenoxy) is 2. The lowest BCUT2D eigenvalue weighted by atomic mass is 9.88. The highest BCUT2D eigenvalue weighted by atomic mass is 16.5. The Morgan fingerprint density at radius 1 is 1.32 bits per heavy atom. The normalized spacial score (nSPS) is 23.4. The quantitative estimate of drug-likeness (QED) is 0.458. The first kappa shape index (κ1) is 21.6. The van der Waals surface area contributed by atoms with E-state index in [1.54, 1.807) is 25.2 Å². The van der Waals surface area contributed by atoms with E-state index in [2.05, 4.69) is 31.9 Å². The van der Waals surface area contributed by atoms with Crippen LogP contribution in [-0.2, 0) is 14.3 Å². The molecule has 0 aromatic carbocycles. The van der Waals surface area contributed by atoms with Crippen LogP contribution in [-0.4, -0.2) is 60.0 Å². The second-order valence-electron chi connectivity index (χ2n) is 6.24. The maximum absolute atomic E-state index is 12.3. The molecule has 1 N–H and O–H groups in total. The van der Waals surface area contributed by atoms with Gasteiger partial charge in [-0.05, 0) is 32.3 Å². The molecule has 0 spiro atoms. The molecule has 0 fully saturated rings. The summed E-state index contributed by atoms with van der Waals surface area (Å²) in [6, 6.07) is -0.250. The van der Waals surface area contributed by atoms with Crippen molar-refractivity contribution in [2.75, 3.05) is 19.7 Å². The molecule has 5 nitrogen and oxygen atoms in total. The minimum atomic E-state index is -0.723. The largest absolute Gasteiger partial charge is 0.463 e. The van der Waals surface area contributed by atoms with Gasteiger partial charge in [-0.15, -0.1) is 13.2 Å². The lowest BCUT2D eigenvalue weighted by Crippen LogP contribution is -2.52. The number of rotatable bonds is 11. The number of carbonyl (C=O) groups is 1. The molecular formula is C20H33NO4. The second kappa shape index (κ2) is 11.2. The molecule has 0 amide bonds. The molecule has 0 saturated carbocycles. The molecule has 5 heteroatoms. The lowest BCUT2D eigenvalue weighted by Gasteiger charge is -2.40. The Hall–Kier alpha value is -1.43. The standard InChI is InChI=1S/C20H33NO4/c1-6-11-21(12-7-2)17-13-15(20(23)24-10-5)14-18(19(17)22)25-16(8-3)9-4/h6-7,14,16-19,22H,1-2,8-13H2,3-5H3/t17-,18-,19+/m1/s1. The van der Waals surface area contributed by atoms with Gasteiger partial charge in [-0.25, -0.2) is 4.79 Å². The third kappa shape index (κ3) is 6.10. The molecule has 0 heterocycles. The molecular weight excluding hydrogens is 318 g/mol. The average molecular weight is 351 g/mol. The van der Waals surface area contributed by atoms with Crippen LogP contribution < -0.4 is 0 Å². The number of aliphatic hydroxyl groups is 1. The van der Waals surface area contributed by atoms with Crippen molar-refractivity contribution in [2.45, 2.75) is 64.4 Å². The van der Waals surface area contributed by atoms with Crippen molar-refractivity contribution in [1.82, 2.24) is 4.90 Å². The Morgan fingerprint density at radius 3 is 2.40 bits per heavy atom. The monoisotopic (exact) mass is 351 g/mol. The van der Waals surface area contributed by atoms with E-state index in [9.17, 15) is 9.90 Å². The van der Waals surface area contributed by atoms with Gasteiger partial charge in [-0.1, -0.05) is 26.0 Å². The summed E-state index contributed by atoms with van der Waals surface area (Å²) in [6.45, 7) is 15.0. The maximum atomic E-state index is 12.3. The van der Waals surface area contributed by atoms with Gasteiger partial charge < -0.3 is 14.6 Å². The molecule has 0 aliphatic heterocycles. The molecule has 142 valence electrons. The van der Waals surface area contributed by atoms with E-state index < -0.39 is 12.2 Å². The Bertz CT molecular complexity index is 460. The molecule has 0 unspecified atom stereocenters. The predicted molar refractivity (Wildman–Crippen MR) is 100 cm³/mol. The van der Waals surface area contributed by atoms with Gasteiger partial charge in [0.1, 0.15) is 6.10 Å². The summed E-state index contributed by atoms with van der Waals surface area (Å²) in [7, 11) is 0. The van der Waals surface area contributed by atoms with Crippen LogP contribution in [0.3, 0.4) is 0 Å². The van der Waals surface area contributed by atoms with Crippen LogP contribution in [0.25, 0.3) is 0 Å². The lowest BCUT2D eigenvalue weighted by molar-refractivity contribution is -0.140. The van der Waals surface area contributed by atoms with Crippen LogP contribution >= 0.6 is 0 Å². The molecule has 0 bridgehead atoms. The zero-order valence-corrected chi connectivity index (χ0v) is 15.8. The van der Waals surface area contributed by atoms with Gasteiger partial charge in [0.05, 0.1) is 18.8 Å². The van der Waals surface area contributed by atoms with Crippen LogP contribution in [0.1, 0.15) is 40.0 Å². The van der Waals surface area contributed by atoms with Gasteiger partial charge in [0.2, 0.25) is 0 Å². The Labute approximate surface area is 152 Å². The van der Waals surface area contributed by atoms with E-state index in [-0.39, 0.29) is 18.1 Å². The Balaban J connectivity index is 3.10. The molecule has 0 radical (unpaired) electrons. The number of hydrogen-bond acceptors (Lipinski definition) is 5. The van der Waals surface area contributed by atoms with Crippen LogP contribution in [0.4, 0.5) is 0 Å². The second-order valence-corrected chi connectivity index (χ2v) is 6.24. The molecule has 0 saturated heterocycles. The summed E-state index contributed by atoms with van der Waals surface area (Å²) in [6.07, 6.45) is 6.24. The van der Waals surface area contributed by atoms with E-state index in [0.717, 1.165) is 12.8 Å². The van der Waals surface area contributed by atoms with Gasteiger partial charge in [0, 0.05) is 24.7 Å². The van der Waals surface area contributed by atoms with Crippen LogP contribution in [0, 0.1) is 0 Å². The average Bonchev–Trinajstić information content (AvgIpc) is 2.61. The highest BCUT2D eigenvalue weighted by Crippen LogP contribution is 2.28. The molecule has 0 aromatic heterocycles. The summed E-state index contributed by atoms with van der Waals surface area (Å²) >= 11 is 0. The first-order valence-corrected chi connectivity index (χ1v) is 9.19. The minimum Gasteiger partial charge on any atom is -0.463 e. The Morgan fingerprint density at radius 2 is 1.92 bits per heavy atom. The number of esters is 1. The highest BCUT2D eigenvalue weighted by Gasteiger charge is 2.38. The fourth-order valence-corrected chi connectivity index (χ4v) is 3.15. The molecule has 3 atom stereocenters. The SMILES string of the molecule is C=CCN(CC=C)[C@@H]1CC(C(=O)OCC)=C[C@@H](OC(CC)CC)[C@H]1O. The highest BCUT2D eigenvalue weighted by molar-refractivity contribution is 5.89. The first-order chi connectivity index (χ1) is 12.0. The van der Waals surface area contributed by atoms with Crippen molar-refractivity contribution < 1.29 is 19.4 Å². The van der Waals surface area contributed by atoms with E-state index >= 15 is 0 Å². The smallest absolute Gasteiger partial charge is 0.333 e. The molecule has 1 aliphatic rings. The van der Waals surface area contributed by atoms with E-state index in [0.29, 0.717) is 31.7 Å². The van der Waals surface area contributed by atoms with Crippen LogP contribution in [0.15, 0.2) is 37.0 Å². The van der Waals surface area contributed by atoms with Gasteiger partial charge in [-0.3, -0.25) is 4.90 Å². The molecule has 1 aliphatic carbocycles. The summed E-state index contributed by atoms with van der Waals surface area (Å²) < 4.78 is 11.3. The maximum Gasteiger partial charge on any atom is 0.333 e. The minimum absolute atomic E-state index is 0.0466. The van der Waals surface area contributed by atoms with Crippen molar-refractivity contribution >= 4 is 5.97 Å². The van der Waals surface area contributed by atoms with Crippen molar-refractivity contribution in [2.24, 2.45) is 0 Å². The fourth-order valence-electron chi connectivity index (χ4n) is 3.15. The zero-order chi connectivity index (χ0) is 18.8. The van der Waals surface area contributed by atoms with Crippen molar-refractivity contribution in [3.8, 4) is 0 Å². The topological polar surface area (TPSA) is 59.0 Å². The molecule has 1 rings (SSSR count). The fraction of sp³-hybridized carbons (Fsp3) is 0.650. The number of hydrogen-bond donors (Lipinski definition) is 1. The summed E-state index contributed by atoms with van der Waals surface area (Å²) in [4.78, 5) is 14.3. The molecule has 0 aromatic rings. The summed E-state index contributed by atoms with van der Waals surface area (Å²) in [5.74, 6) is -0.338. The van der Waals surface area contributed by atoms with Crippen molar-refractivity contribution in [3.05, 3.63) is 37.0 Å². The third-order valence-electron chi connectivity index (χ3n) is 4.52. The van der Waals surface area contributed by atoms with Gasteiger partial charge in [0.15, 0.2) is 0 Å². The number of carbonyl (C=O) groups excluding carboxylic acids is 1. The summed E-state index contributed by atoms with van der Waals surface area (Å²) in [5, 5.41) is 10.9.